The number of hydrogen-bond acceptors (Lipinski definition) is 6. The van der Waals surface area contributed by atoms with Gasteiger partial charge in [-0.15, -0.1) is 10.2 Å². The van der Waals surface area contributed by atoms with E-state index >= 15 is 0 Å². The summed E-state index contributed by atoms with van der Waals surface area (Å²) in [6.07, 6.45) is 0.904. The summed E-state index contributed by atoms with van der Waals surface area (Å²) in [4.78, 5) is 12.2. The first kappa shape index (κ1) is 20.1. The van der Waals surface area contributed by atoms with E-state index in [-0.39, 0.29) is 5.91 Å². The smallest absolute Gasteiger partial charge is 0.225 e. The minimum absolute atomic E-state index is 0.126. The first-order valence-corrected chi connectivity index (χ1v) is 9.30. The molecular formula is C22H24N4O3. The average molecular weight is 392 g/mol. The second-order valence-corrected chi connectivity index (χ2v) is 6.38. The monoisotopic (exact) mass is 392 g/mol. The lowest BCUT2D eigenvalue weighted by molar-refractivity contribution is -0.116. The van der Waals surface area contributed by atoms with E-state index in [1.165, 1.54) is 0 Å². The Morgan fingerprint density at radius 2 is 1.59 bits per heavy atom. The molecule has 3 rings (SSSR count). The van der Waals surface area contributed by atoms with Crippen molar-refractivity contribution in [3.8, 4) is 11.5 Å². The van der Waals surface area contributed by atoms with Crippen molar-refractivity contribution in [1.29, 1.82) is 0 Å². The molecular weight excluding hydrogens is 368 g/mol. The van der Waals surface area contributed by atoms with Crippen molar-refractivity contribution in [2.24, 2.45) is 0 Å². The van der Waals surface area contributed by atoms with Gasteiger partial charge < -0.3 is 20.1 Å². The number of aromatic nitrogens is 2. The van der Waals surface area contributed by atoms with Crippen LogP contribution in [0, 0.1) is 0 Å². The number of hydrogen-bond donors (Lipinski definition) is 2. The number of nitrogens with one attached hydrogen (secondary N) is 2. The van der Waals surface area contributed by atoms with Crippen LogP contribution >= 0.6 is 0 Å². The molecule has 0 bridgehead atoms. The Morgan fingerprint density at radius 3 is 2.28 bits per heavy atom. The number of ether oxygens (including phenoxy) is 2. The van der Waals surface area contributed by atoms with Gasteiger partial charge in [-0.3, -0.25) is 4.79 Å². The maximum absolute atomic E-state index is 12.2. The third-order valence-corrected chi connectivity index (χ3v) is 4.34. The second-order valence-electron chi connectivity index (χ2n) is 6.38. The molecule has 3 aromatic rings. The number of benzene rings is 2. The third kappa shape index (κ3) is 5.93. The van der Waals surface area contributed by atoms with Gasteiger partial charge in [0.05, 0.1) is 14.2 Å². The molecule has 1 amide bonds. The summed E-state index contributed by atoms with van der Waals surface area (Å²) in [5, 5.41) is 14.1. The highest BCUT2D eigenvalue weighted by atomic mass is 16.5. The van der Waals surface area contributed by atoms with E-state index in [1.807, 2.05) is 48.5 Å². The van der Waals surface area contributed by atoms with Crippen molar-refractivity contribution < 1.29 is 14.3 Å². The molecule has 0 aliphatic rings. The van der Waals surface area contributed by atoms with E-state index in [1.54, 1.807) is 26.4 Å². The van der Waals surface area contributed by atoms with Gasteiger partial charge in [0.2, 0.25) is 5.91 Å². The van der Waals surface area contributed by atoms with Crippen molar-refractivity contribution in [2.45, 2.75) is 19.4 Å². The van der Waals surface area contributed by atoms with E-state index in [4.69, 9.17) is 9.47 Å². The molecule has 150 valence electrons. The van der Waals surface area contributed by atoms with Gasteiger partial charge in [-0.25, -0.2) is 0 Å². The van der Waals surface area contributed by atoms with E-state index in [0.717, 1.165) is 11.1 Å². The summed E-state index contributed by atoms with van der Waals surface area (Å²) in [6, 6.07) is 19.2. The van der Waals surface area contributed by atoms with Gasteiger partial charge in [0.15, 0.2) is 17.3 Å². The van der Waals surface area contributed by atoms with Crippen LogP contribution in [0.2, 0.25) is 0 Å². The van der Waals surface area contributed by atoms with Crippen molar-refractivity contribution in [3.63, 3.8) is 0 Å². The molecule has 0 aliphatic heterocycles. The van der Waals surface area contributed by atoms with Gasteiger partial charge in [-0.05, 0) is 41.8 Å². The number of anilines is 2. The summed E-state index contributed by atoms with van der Waals surface area (Å²) in [5.74, 6) is 2.26. The van der Waals surface area contributed by atoms with Gasteiger partial charge in [-0.2, -0.15) is 0 Å². The molecule has 0 radical (unpaired) electrons. The van der Waals surface area contributed by atoms with E-state index in [9.17, 15) is 4.79 Å². The number of carbonyl (C=O) groups is 1. The highest BCUT2D eigenvalue weighted by molar-refractivity contribution is 5.89. The normalized spacial score (nSPS) is 10.3. The highest BCUT2D eigenvalue weighted by Crippen LogP contribution is 2.28. The van der Waals surface area contributed by atoms with Gasteiger partial charge in [-0.1, -0.05) is 36.4 Å². The molecule has 29 heavy (non-hydrogen) atoms. The second kappa shape index (κ2) is 10.1. The zero-order valence-corrected chi connectivity index (χ0v) is 16.5. The van der Waals surface area contributed by atoms with Crippen LogP contribution in [0.25, 0.3) is 0 Å². The Balaban J connectivity index is 1.48. The van der Waals surface area contributed by atoms with Crippen LogP contribution in [-0.2, 0) is 17.8 Å². The molecule has 7 heteroatoms. The minimum Gasteiger partial charge on any atom is -0.493 e. The Labute approximate surface area is 170 Å². The summed E-state index contributed by atoms with van der Waals surface area (Å²) < 4.78 is 10.5. The molecule has 7 nitrogen and oxygen atoms in total. The van der Waals surface area contributed by atoms with E-state index < -0.39 is 0 Å². The summed E-state index contributed by atoms with van der Waals surface area (Å²) in [6.45, 7) is 0.659. The largest absolute Gasteiger partial charge is 0.493 e. The van der Waals surface area contributed by atoms with Crippen LogP contribution in [0.5, 0.6) is 11.5 Å². The molecule has 0 saturated heterocycles. The van der Waals surface area contributed by atoms with E-state index in [0.29, 0.717) is 42.5 Å². The molecule has 0 atom stereocenters. The fraction of sp³-hybridized carbons (Fsp3) is 0.227. The average Bonchev–Trinajstić information content (AvgIpc) is 2.77. The summed E-state index contributed by atoms with van der Waals surface area (Å²) in [7, 11) is 3.18. The molecule has 0 aliphatic carbocycles. The van der Waals surface area contributed by atoms with Gasteiger partial charge >= 0.3 is 0 Å². The zero-order chi connectivity index (χ0) is 20.5. The molecule has 0 fully saturated rings. The number of rotatable bonds is 9. The minimum atomic E-state index is -0.126. The summed E-state index contributed by atoms with van der Waals surface area (Å²) >= 11 is 0. The van der Waals surface area contributed by atoms with Crippen molar-refractivity contribution in [3.05, 3.63) is 71.8 Å². The van der Waals surface area contributed by atoms with Crippen LogP contribution in [0.1, 0.15) is 17.5 Å². The van der Waals surface area contributed by atoms with Crippen LogP contribution in [-0.4, -0.2) is 30.3 Å². The number of methoxy groups -OCH3 is 2. The predicted octanol–water partition coefficient (Wildman–Crippen LogP) is 3.68. The number of nitrogens with zero attached hydrogens (tertiary/aromatic N) is 2. The first-order valence-electron chi connectivity index (χ1n) is 9.30. The van der Waals surface area contributed by atoms with Crippen LogP contribution in [0.4, 0.5) is 11.6 Å². The Morgan fingerprint density at radius 1 is 0.862 bits per heavy atom. The lowest BCUT2D eigenvalue weighted by Gasteiger charge is -2.10. The molecule has 1 aromatic heterocycles. The van der Waals surface area contributed by atoms with Crippen molar-refractivity contribution in [1.82, 2.24) is 10.2 Å². The lowest BCUT2D eigenvalue weighted by atomic mass is 10.1. The topological polar surface area (TPSA) is 85.4 Å². The third-order valence-electron chi connectivity index (χ3n) is 4.34. The fourth-order valence-corrected chi connectivity index (χ4v) is 2.78. The van der Waals surface area contributed by atoms with Gasteiger partial charge in [0.1, 0.15) is 5.82 Å². The van der Waals surface area contributed by atoms with Crippen LogP contribution in [0.3, 0.4) is 0 Å². The number of carbonyl (C=O) groups excluding carboxylic acids is 1. The maximum atomic E-state index is 12.2. The van der Waals surface area contributed by atoms with Gasteiger partial charge in [0, 0.05) is 13.0 Å². The fourth-order valence-electron chi connectivity index (χ4n) is 2.78. The van der Waals surface area contributed by atoms with Crippen molar-refractivity contribution in [2.75, 3.05) is 24.9 Å². The molecule has 2 aromatic carbocycles. The first-order chi connectivity index (χ1) is 14.2. The Bertz CT molecular complexity index is 931. The molecule has 0 saturated carbocycles. The molecule has 0 unspecified atom stereocenters. The maximum Gasteiger partial charge on any atom is 0.225 e. The molecule has 1 heterocycles. The van der Waals surface area contributed by atoms with Crippen LogP contribution < -0.4 is 20.1 Å². The summed E-state index contributed by atoms with van der Waals surface area (Å²) in [5.41, 5.74) is 2.14. The molecule has 0 spiro atoms. The van der Waals surface area contributed by atoms with E-state index in [2.05, 4.69) is 20.8 Å². The standard InChI is InChI=1S/C22H24N4O3/c1-28-18-10-8-16(14-19(18)29-2)9-13-22(27)24-21-12-11-20(25-26-21)23-15-17-6-4-3-5-7-17/h3-8,10-12,14H,9,13,15H2,1-2H3,(H,23,25)(H,24,26,27). The zero-order valence-electron chi connectivity index (χ0n) is 16.5. The number of aryl methyl sites for hydroxylation is 1. The Kier molecular flexibility index (Phi) is 7.00. The van der Waals surface area contributed by atoms with Crippen LogP contribution in [0.15, 0.2) is 60.7 Å². The highest BCUT2D eigenvalue weighted by Gasteiger charge is 2.08. The molecule has 2 N–H and O–H groups in total. The van der Waals surface area contributed by atoms with Crippen molar-refractivity contribution >= 4 is 17.5 Å². The number of amides is 1. The quantitative estimate of drug-likeness (QED) is 0.578. The lowest BCUT2D eigenvalue weighted by Crippen LogP contribution is -2.14. The van der Waals surface area contributed by atoms with Gasteiger partial charge in [0.25, 0.3) is 0 Å². The Hall–Kier alpha value is -3.61. The SMILES string of the molecule is COc1ccc(CCC(=O)Nc2ccc(NCc3ccccc3)nn2)cc1OC. The predicted molar refractivity (Wildman–Crippen MR) is 112 cm³/mol.